The van der Waals surface area contributed by atoms with Crippen LogP contribution in [0.3, 0.4) is 0 Å². The van der Waals surface area contributed by atoms with E-state index in [0.29, 0.717) is 5.46 Å². The summed E-state index contributed by atoms with van der Waals surface area (Å²) in [5.41, 5.74) is 3.05. The van der Waals surface area contributed by atoms with Crippen LogP contribution in [0.4, 0.5) is 0 Å². The van der Waals surface area contributed by atoms with Gasteiger partial charge in [-0.3, -0.25) is 0 Å². The zero-order valence-electron chi connectivity index (χ0n) is 9.99. The van der Waals surface area contributed by atoms with Crippen molar-refractivity contribution in [1.29, 1.82) is 0 Å². The van der Waals surface area contributed by atoms with Crippen LogP contribution in [0.25, 0.3) is 0 Å². The fourth-order valence-corrected chi connectivity index (χ4v) is 2.61. The summed E-state index contributed by atoms with van der Waals surface area (Å²) in [4.78, 5) is 0. The van der Waals surface area contributed by atoms with Crippen molar-refractivity contribution in [3.8, 4) is 0 Å². The molecule has 4 heteroatoms. The number of hydrogen-bond donors (Lipinski definition) is 2. The van der Waals surface area contributed by atoms with Crippen molar-refractivity contribution in [2.24, 2.45) is 0 Å². The van der Waals surface area contributed by atoms with E-state index < -0.39 is 7.12 Å². The minimum Gasteiger partial charge on any atom is -0.423 e. The Labute approximate surface area is 112 Å². The van der Waals surface area contributed by atoms with E-state index in [4.69, 9.17) is 10.0 Å². The van der Waals surface area contributed by atoms with Crippen LogP contribution in [-0.4, -0.2) is 17.2 Å². The first-order valence-electron chi connectivity index (χ1n) is 5.82. The quantitative estimate of drug-likeness (QED) is 0.803. The maximum Gasteiger partial charge on any atom is 0.488 e. The molecule has 0 heterocycles. The monoisotopic (exact) mass is 258 g/mol. The average Bonchev–Trinajstić information content (AvgIpc) is 2.40. The van der Waals surface area contributed by atoms with Gasteiger partial charge in [-0.25, -0.2) is 0 Å². The third kappa shape index (κ3) is 3.91. The molecule has 2 aromatic rings. The van der Waals surface area contributed by atoms with E-state index in [1.54, 1.807) is 12.1 Å². The maximum atomic E-state index is 8.99. The largest absolute Gasteiger partial charge is 0.488 e. The summed E-state index contributed by atoms with van der Waals surface area (Å²) >= 11 is 1.85. The van der Waals surface area contributed by atoms with Gasteiger partial charge >= 0.3 is 7.12 Å². The van der Waals surface area contributed by atoms with E-state index in [9.17, 15) is 0 Å². The van der Waals surface area contributed by atoms with E-state index in [1.165, 1.54) is 11.1 Å². The first-order chi connectivity index (χ1) is 8.75. The molecule has 0 aliphatic heterocycles. The molecule has 92 valence electrons. The second-order valence-corrected chi connectivity index (χ2v) is 5.08. The molecule has 2 rings (SSSR count). The van der Waals surface area contributed by atoms with Crippen molar-refractivity contribution >= 4 is 24.3 Å². The van der Waals surface area contributed by atoms with E-state index in [1.807, 2.05) is 42.1 Å². The Morgan fingerprint density at radius 3 is 1.89 bits per heavy atom. The molecule has 0 aliphatic carbocycles. The molecular weight excluding hydrogens is 243 g/mol. The van der Waals surface area contributed by atoms with Gasteiger partial charge in [0.15, 0.2) is 0 Å². The molecule has 0 radical (unpaired) electrons. The van der Waals surface area contributed by atoms with Crippen molar-refractivity contribution in [3.05, 3.63) is 65.7 Å². The molecule has 0 unspecified atom stereocenters. The molecule has 0 amide bonds. The first kappa shape index (κ1) is 13.2. The maximum absolute atomic E-state index is 8.99. The standard InChI is InChI=1S/C14H15BO2S/c16-15(17)14-8-6-13(7-9-14)11-18-10-12-4-2-1-3-5-12/h1-9,16-17H,10-11H2. The minimum absolute atomic E-state index is 0.534. The predicted molar refractivity (Wildman–Crippen MR) is 77.7 cm³/mol. The Balaban J connectivity index is 1.83. The summed E-state index contributed by atoms with van der Waals surface area (Å²) < 4.78 is 0. The third-order valence-electron chi connectivity index (χ3n) is 2.66. The number of rotatable bonds is 5. The first-order valence-corrected chi connectivity index (χ1v) is 6.98. The molecule has 2 nitrogen and oxygen atoms in total. The molecule has 0 bridgehead atoms. The summed E-state index contributed by atoms with van der Waals surface area (Å²) in [5, 5.41) is 18.0. The van der Waals surface area contributed by atoms with E-state index in [2.05, 4.69) is 12.1 Å². The normalized spacial score (nSPS) is 10.3. The average molecular weight is 258 g/mol. The van der Waals surface area contributed by atoms with E-state index in [-0.39, 0.29) is 0 Å². The topological polar surface area (TPSA) is 40.5 Å². The van der Waals surface area contributed by atoms with E-state index >= 15 is 0 Å². The second kappa shape index (κ2) is 6.64. The summed E-state index contributed by atoms with van der Waals surface area (Å²) in [6.45, 7) is 0. The molecule has 0 fully saturated rings. The highest BCUT2D eigenvalue weighted by Crippen LogP contribution is 2.17. The molecule has 0 spiro atoms. The minimum atomic E-state index is -1.38. The Hall–Kier alpha value is -1.23. The number of hydrogen-bond acceptors (Lipinski definition) is 3. The number of thioether (sulfide) groups is 1. The van der Waals surface area contributed by atoms with Gasteiger partial charge in [0.25, 0.3) is 0 Å². The number of benzene rings is 2. The van der Waals surface area contributed by atoms with Crippen LogP contribution in [0.2, 0.25) is 0 Å². The fraction of sp³-hybridized carbons (Fsp3) is 0.143. The van der Waals surface area contributed by atoms with Crippen LogP contribution in [0.15, 0.2) is 54.6 Å². The molecule has 0 aliphatic rings. The molecule has 0 saturated heterocycles. The lowest BCUT2D eigenvalue weighted by Crippen LogP contribution is -2.29. The van der Waals surface area contributed by atoms with Crippen LogP contribution in [0, 0.1) is 0 Å². The Morgan fingerprint density at radius 2 is 1.33 bits per heavy atom. The third-order valence-corrected chi connectivity index (χ3v) is 3.73. The van der Waals surface area contributed by atoms with Gasteiger partial charge in [-0.2, -0.15) is 11.8 Å². The Morgan fingerprint density at radius 1 is 0.778 bits per heavy atom. The SMILES string of the molecule is OB(O)c1ccc(CSCc2ccccc2)cc1. The van der Waals surface area contributed by atoms with Crippen molar-refractivity contribution < 1.29 is 10.0 Å². The fourth-order valence-electron chi connectivity index (χ4n) is 1.65. The lowest BCUT2D eigenvalue weighted by atomic mass is 9.80. The van der Waals surface area contributed by atoms with Gasteiger partial charge in [0.1, 0.15) is 0 Å². The highest BCUT2D eigenvalue weighted by Gasteiger charge is 2.09. The van der Waals surface area contributed by atoms with Gasteiger partial charge in [0, 0.05) is 11.5 Å². The van der Waals surface area contributed by atoms with Gasteiger partial charge in [0.05, 0.1) is 0 Å². The van der Waals surface area contributed by atoms with Crippen LogP contribution in [0.1, 0.15) is 11.1 Å². The van der Waals surface area contributed by atoms with Gasteiger partial charge in [-0.1, -0.05) is 54.6 Å². The second-order valence-electron chi connectivity index (χ2n) is 4.09. The van der Waals surface area contributed by atoms with Crippen LogP contribution in [-0.2, 0) is 11.5 Å². The zero-order chi connectivity index (χ0) is 12.8. The molecule has 0 aromatic heterocycles. The summed E-state index contributed by atoms with van der Waals surface area (Å²) in [6.07, 6.45) is 0. The smallest absolute Gasteiger partial charge is 0.423 e. The molecule has 0 saturated carbocycles. The highest BCUT2D eigenvalue weighted by atomic mass is 32.2. The molecule has 2 aromatic carbocycles. The summed E-state index contributed by atoms with van der Waals surface area (Å²) in [6, 6.07) is 17.7. The van der Waals surface area contributed by atoms with Crippen molar-refractivity contribution in [2.45, 2.75) is 11.5 Å². The predicted octanol–water partition coefficient (Wildman–Crippen LogP) is 1.80. The van der Waals surface area contributed by atoms with Gasteiger partial charge in [-0.15, -0.1) is 0 Å². The lowest BCUT2D eigenvalue weighted by Gasteiger charge is -2.04. The Bertz CT molecular complexity index is 471. The molecule has 0 atom stereocenters. The van der Waals surface area contributed by atoms with Crippen molar-refractivity contribution in [1.82, 2.24) is 0 Å². The van der Waals surface area contributed by atoms with Crippen LogP contribution < -0.4 is 5.46 Å². The van der Waals surface area contributed by atoms with Gasteiger partial charge in [0.2, 0.25) is 0 Å². The van der Waals surface area contributed by atoms with E-state index in [0.717, 1.165) is 11.5 Å². The molecule has 18 heavy (non-hydrogen) atoms. The zero-order valence-corrected chi connectivity index (χ0v) is 10.8. The highest BCUT2D eigenvalue weighted by molar-refractivity contribution is 7.97. The summed E-state index contributed by atoms with van der Waals surface area (Å²) in [5.74, 6) is 1.92. The van der Waals surface area contributed by atoms with Crippen molar-refractivity contribution in [3.63, 3.8) is 0 Å². The van der Waals surface area contributed by atoms with Gasteiger partial charge < -0.3 is 10.0 Å². The molecule has 2 N–H and O–H groups in total. The molecular formula is C14H15BO2S. The van der Waals surface area contributed by atoms with Crippen LogP contribution >= 0.6 is 11.8 Å². The summed E-state index contributed by atoms with van der Waals surface area (Å²) in [7, 11) is -1.38. The van der Waals surface area contributed by atoms with Crippen LogP contribution in [0.5, 0.6) is 0 Å². The van der Waals surface area contributed by atoms with Crippen molar-refractivity contribution in [2.75, 3.05) is 0 Å². The lowest BCUT2D eigenvalue weighted by molar-refractivity contribution is 0.426. The Kier molecular flexibility index (Phi) is 4.87. The van der Waals surface area contributed by atoms with Gasteiger partial charge in [-0.05, 0) is 16.6 Å².